The van der Waals surface area contributed by atoms with Crippen molar-refractivity contribution < 1.29 is 0 Å². The number of hydrogen-bond acceptors (Lipinski definition) is 2. The van der Waals surface area contributed by atoms with Crippen LogP contribution in [0.5, 0.6) is 0 Å². The number of nitrogens with two attached hydrogens (primary N) is 2. The first-order chi connectivity index (χ1) is 7.78. The normalized spacial score (nSPS) is 38.2. The molecular formula is C14H30N2. The van der Waals surface area contributed by atoms with Crippen LogP contribution in [0.2, 0.25) is 0 Å². The molecular weight excluding hydrogens is 196 g/mol. The van der Waals surface area contributed by atoms with Gasteiger partial charge in [0.2, 0.25) is 0 Å². The van der Waals surface area contributed by atoms with E-state index in [2.05, 4.69) is 0 Å². The average Bonchev–Trinajstić information content (AvgIpc) is 2.94. The van der Waals surface area contributed by atoms with Crippen molar-refractivity contribution in [3.63, 3.8) is 0 Å². The van der Waals surface area contributed by atoms with E-state index in [0.717, 1.165) is 13.1 Å². The Kier molecular flexibility index (Phi) is 6.37. The summed E-state index contributed by atoms with van der Waals surface area (Å²) in [5.41, 5.74) is 9.69. The van der Waals surface area contributed by atoms with E-state index in [4.69, 9.17) is 11.5 Å². The Balaban J connectivity index is 0.000000185. The molecule has 0 amide bonds. The Bertz CT molecular complexity index is 164. The molecule has 4 atom stereocenters. The fourth-order valence-corrected chi connectivity index (χ4v) is 4.02. The fourth-order valence-electron chi connectivity index (χ4n) is 4.02. The molecule has 0 heterocycles. The summed E-state index contributed by atoms with van der Waals surface area (Å²) in [6.07, 6.45) is 9.53. The third-order valence-electron chi connectivity index (χ3n) is 4.35. The number of rotatable bonds is 0. The van der Waals surface area contributed by atoms with Crippen molar-refractivity contribution in [3.8, 4) is 0 Å². The molecule has 16 heavy (non-hydrogen) atoms. The minimum Gasteiger partial charge on any atom is -0.331 e. The van der Waals surface area contributed by atoms with Gasteiger partial charge < -0.3 is 11.5 Å². The highest BCUT2D eigenvalue weighted by Gasteiger charge is 2.48. The van der Waals surface area contributed by atoms with Gasteiger partial charge in [0.05, 0.1) is 0 Å². The van der Waals surface area contributed by atoms with Crippen LogP contribution in [0, 0.1) is 23.7 Å². The maximum Gasteiger partial charge on any atom is -0.0106 e. The zero-order valence-electron chi connectivity index (χ0n) is 11.1. The van der Waals surface area contributed by atoms with Gasteiger partial charge >= 0.3 is 0 Å². The first-order valence-electron chi connectivity index (χ1n) is 7.18. The Morgan fingerprint density at radius 1 is 0.812 bits per heavy atom. The van der Waals surface area contributed by atoms with Crippen molar-refractivity contribution in [3.05, 3.63) is 0 Å². The van der Waals surface area contributed by atoms with Crippen molar-refractivity contribution in [1.82, 2.24) is 0 Å². The SMILES string of the molecule is C1CC2C3CCC(C3)C2C1.CCN.CCN. The quantitative estimate of drug-likeness (QED) is 0.667. The van der Waals surface area contributed by atoms with Crippen LogP contribution in [0.4, 0.5) is 0 Å². The van der Waals surface area contributed by atoms with Crippen molar-refractivity contribution >= 4 is 0 Å². The Morgan fingerprint density at radius 2 is 1.19 bits per heavy atom. The molecule has 96 valence electrons. The van der Waals surface area contributed by atoms with Gasteiger partial charge in [0, 0.05) is 0 Å². The van der Waals surface area contributed by atoms with Gasteiger partial charge in [-0.1, -0.05) is 20.3 Å². The van der Waals surface area contributed by atoms with E-state index in [9.17, 15) is 0 Å². The third kappa shape index (κ3) is 3.21. The molecule has 4 N–H and O–H groups in total. The molecule has 3 rings (SSSR count). The van der Waals surface area contributed by atoms with Crippen molar-refractivity contribution in [2.75, 3.05) is 13.1 Å². The third-order valence-corrected chi connectivity index (χ3v) is 4.35. The molecule has 0 aromatic carbocycles. The number of hydrogen-bond donors (Lipinski definition) is 2. The Morgan fingerprint density at radius 3 is 1.56 bits per heavy atom. The summed E-state index contributed by atoms with van der Waals surface area (Å²) in [6, 6.07) is 0. The van der Waals surface area contributed by atoms with E-state index < -0.39 is 0 Å². The summed E-state index contributed by atoms with van der Waals surface area (Å²) >= 11 is 0. The van der Waals surface area contributed by atoms with Crippen LogP contribution in [0.1, 0.15) is 52.4 Å². The van der Waals surface area contributed by atoms with E-state index in [1.54, 1.807) is 38.5 Å². The lowest BCUT2D eigenvalue weighted by Gasteiger charge is -2.23. The highest BCUT2D eigenvalue weighted by Crippen LogP contribution is 2.58. The Hall–Kier alpha value is -0.0800. The first kappa shape index (κ1) is 14.0. The van der Waals surface area contributed by atoms with Crippen LogP contribution in [0.3, 0.4) is 0 Å². The lowest BCUT2D eigenvalue weighted by Crippen LogP contribution is -2.15. The standard InChI is InChI=1S/C10H16.2C2H7N/c1-2-9-7-4-5-8(6-7)10(9)3-1;2*1-2-3/h7-10H,1-6H2;2*2-3H2,1H3. The number of fused-ring (bicyclic) bond motifs is 5. The maximum atomic E-state index is 4.85. The average molecular weight is 226 g/mol. The summed E-state index contributed by atoms with van der Waals surface area (Å²) in [7, 11) is 0. The summed E-state index contributed by atoms with van der Waals surface area (Å²) in [5.74, 6) is 4.80. The van der Waals surface area contributed by atoms with Gasteiger partial charge in [0.1, 0.15) is 0 Å². The molecule has 0 aromatic rings. The zero-order chi connectivity index (χ0) is 12.0. The van der Waals surface area contributed by atoms with Gasteiger partial charge in [-0.15, -0.1) is 0 Å². The van der Waals surface area contributed by atoms with Gasteiger partial charge in [0.25, 0.3) is 0 Å². The van der Waals surface area contributed by atoms with Gasteiger partial charge in [0.15, 0.2) is 0 Å². The molecule has 2 heteroatoms. The van der Waals surface area contributed by atoms with Gasteiger partial charge in [-0.25, -0.2) is 0 Å². The second-order valence-corrected chi connectivity index (χ2v) is 5.41. The lowest BCUT2D eigenvalue weighted by atomic mass is 9.82. The summed E-state index contributed by atoms with van der Waals surface area (Å²) in [5, 5.41) is 0. The molecule has 0 aliphatic heterocycles. The highest BCUT2D eigenvalue weighted by atomic mass is 14.5. The zero-order valence-corrected chi connectivity index (χ0v) is 11.1. The van der Waals surface area contributed by atoms with Crippen LogP contribution >= 0.6 is 0 Å². The molecule has 2 nitrogen and oxygen atoms in total. The largest absolute Gasteiger partial charge is 0.331 e. The summed E-state index contributed by atoms with van der Waals surface area (Å²) in [4.78, 5) is 0. The van der Waals surface area contributed by atoms with Gasteiger partial charge in [-0.2, -0.15) is 0 Å². The second-order valence-electron chi connectivity index (χ2n) is 5.41. The van der Waals surface area contributed by atoms with Gasteiger partial charge in [-0.05, 0) is 68.9 Å². The monoisotopic (exact) mass is 226 g/mol. The molecule has 0 radical (unpaired) electrons. The van der Waals surface area contributed by atoms with E-state index in [-0.39, 0.29) is 0 Å². The molecule has 4 unspecified atom stereocenters. The van der Waals surface area contributed by atoms with Crippen molar-refractivity contribution in [2.45, 2.75) is 52.4 Å². The molecule has 0 spiro atoms. The highest BCUT2D eigenvalue weighted by molar-refractivity contribution is 4.98. The van der Waals surface area contributed by atoms with Crippen LogP contribution in [-0.4, -0.2) is 13.1 Å². The summed E-state index contributed by atoms with van der Waals surface area (Å²) in [6.45, 7) is 5.31. The molecule has 2 bridgehead atoms. The molecule has 3 aliphatic carbocycles. The summed E-state index contributed by atoms with van der Waals surface area (Å²) < 4.78 is 0. The topological polar surface area (TPSA) is 52.0 Å². The van der Waals surface area contributed by atoms with E-state index in [0.29, 0.717) is 0 Å². The first-order valence-corrected chi connectivity index (χ1v) is 7.18. The molecule has 3 fully saturated rings. The second kappa shape index (κ2) is 7.29. The minimum absolute atomic E-state index is 0.750. The predicted molar refractivity (Wildman–Crippen MR) is 71.1 cm³/mol. The van der Waals surface area contributed by atoms with Crippen molar-refractivity contribution in [2.24, 2.45) is 35.1 Å². The van der Waals surface area contributed by atoms with E-state index in [1.165, 1.54) is 23.7 Å². The van der Waals surface area contributed by atoms with Crippen molar-refractivity contribution in [1.29, 1.82) is 0 Å². The lowest BCUT2D eigenvalue weighted by molar-refractivity contribution is 0.259. The minimum atomic E-state index is 0.750. The van der Waals surface area contributed by atoms with E-state index in [1.807, 2.05) is 13.8 Å². The van der Waals surface area contributed by atoms with E-state index >= 15 is 0 Å². The smallest absolute Gasteiger partial charge is 0.0106 e. The van der Waals surface area contributed by atoms with Crippen LogP contribution in [0.15, 0.2) is 0 Å². The maximum absolute atomic E-state index is 4.85. The van der Waals surface area contributed by atoms with Crippen LogP contribution in [0.25, 0.3) is 0 Å². The van der Waals surface area contributed by atoms with Gasteiger partial charge in [-0.3, -0.25) is 0 Å². The molecule has 0 saturated heterocycles. The fraction of sp³-hybridized carbons (Fsp3) is 1.00. The van der Waals surface area contributed by atoms with Crippen LogP contribution < -0.4 is 11.5 Å². The molecule has 0 aromatic heterocycles. The molecule has 3 aliphatic rings. The predicted octanol–water partition coefficient (Wildman–Crippen LogP) is 2.76. The Labute approximate surface area is 101 Å². The molecule has 3 saturated carbocycles. The van der Waals surface area contributed by atoms with Crippen LogP contribution in [-0.2, 0) is 0 Å².